The molecule has 214 valence electrons. The zero-order valence-electron chi connectivity index (χ0n) is 25.2. The zero-order valence-corrected chi connectivity index (χ0v) is 26.0. The van der Waals surface area contributed by atoms with E-state index in [1.165, 1.54) is 42.4 Å². The molecule has 6 aromatic rings. The van der Waals surface area contributed by atoms with Gasteiger partial charge in [0.2, 0.25) is 0 Å². The maximum Gasteiger partial charge on any atom is 0.0640 e. The average Bonchev–Trinajstić information content (AvgIpc) is 3.47. The molecule has 0 bridgehead atoms. The van der Waals surface area contributed by atoms with Crippen molar-refractivity contribution in [1.82, 2.24) is 0 Å². The van der Waals surface area contributed by atoms with E-state index in [1.54, 1.807) is 0 Å². The number of rotatable bonds is 9. The molecule has 0 spiro atoms. The highest BCUT2D eigenvalue weighted by Gasteiger charge is 2.18. The van der Waals surface area contributed by atoms with Gasteiger partial charge in [0.05, 0.1) is 10.4 Å². The molecule has 0 saturated heterocycles. The highest BCUT2D eigenvalue weighted by atomic mass is 32.1. The van der Waals surface area contributed by atoms with Crippen LogP contribution in [0.4, 0.5) is 11.4 Å². The van der Waals surface area contributed by atoms with E-state index >= 15 is 0 Å². The van der Waals surface area contributed by atoms with Gasteiger partial charge in [-0.2, -0.15) is 0 Å². The Bertz CT molecular complexity index is 2040. The van der Waals surface area contributed by atoms with E-state index in [0.717, 1.165) is 22.6 Å². The minimum atomic E-state index is 0.941. The number of thiophene rings is 1. The molecule has 0 saturated carbocycles. The van der Waals surface area contributed by atoms with E-state index in [2.05, 4.69) is 158 Å². The Morgan fingerprint density at radius 2 is 1.27 bits per heavy atom. The quantitative estimate of drug-likeness (QED) is 0.153. The average molecular weight is 586 g/mol. The van der Waals surface area contributed by atoms with Gasteiger partial charge in [0.25, 0.3) is 0 Å². The number of hydrogen-bond donors (Lipinski definition) is 0. The van der Waals surface area contributed by atoms with E-state index < -0.39 is 0 Å². The Morgan fingerprint density at radius 1 is 0.614 bits per heavy atom. The topological polar surface area (TPSA) is 3.24 Å². The molecule has 0 fully saturated rings. The van der Waals surface area contributed by atoms with Gasteiger partial charge in [0.15, 0.2) is 0 Å². The molecule has 44 heavy (non-hydrogen) atoms. The van der Waals surface area contributed by atoms with Gasteiger partial charge in [-0.25, -0.2) is 0 Å². The van der Waals surface area contributed by atoms with Crippen LogP contribution in [-0.2, 0) is 0 Å². The summed E-state index contributed by atoms with van der Waals surface area (Å²) in [5.74, 6) is 0. The summed E-state index contributed by atoms with van der Waals surface area (Å²) in [7, 11) is 0. The van der Waals surface area contributed by atoms with Crippen LogP contribution in [-0.4, -0.2) is 0 Å². The number of allylic oxidation sites excluding steroid dienone is 8. The lowest BCUT2D eigenvalue weighted by Crippen LogP contribution is -2.15. The smallest absolute Gasteiger partial charge is 0.0640 e. The van der Waals surface area contributed by atoms with Gasteiger partial charge in [-0.1, -0.05) is 134 Å². The van der Waals surface area contributed by atoms with Crippen molar-refractivity contribution in [1.29, 1.82) is 0 Å². The second kappa shape index (κ2) is 13.4. The van der Waals surface area contributed by atoms with Gasteiger partial charge in [-0.3, -0.25) is 0 Å². The first kappa shape index (κ1) is 28.9. The second-order valence-electron chi connectivity index (χ2n) is 10.6. The molecule has 1 nitrogen and oxygen atoms in total. The maximum absolute atomic E-state index is 4.24. The van der Waals surface area contributed by atoms with Crippen LogP contribution in [0, 0.1) is 0 Å². The maximum atomic E-state index is 4.24. The molecule has 0 radical (unpaired) electrons. The van der Waals surface area contributed by atoms with Crippen molar-refractivity contribution in [2.24, 2.45) is 0 Å². The first-order valence-corrected chi connectivity index (χ1v) is 15.8. The summed E-state index contributed by atoms with van der Waals surface area (Å²) in [6, 6.07) is 43.5. The molecule has 0 aliphatic heterocycles. The molecule has 0 N–H and O–H groups in total. The van der Waals surface area contributed by atoms with Gasteiger partial charge < -0.3 is 4.90 Å². The van der Waals surface area contributed by atoms with Crippen molar-refractivity contribution >= 4 is 42.9 Å². The van der Waals surface area contributed by atoms with E-state index in [1.807, 2.05) is 42.6 Å². The molecule has 0 unspecified atom stereocenters. The highest BCUT2D eigenvalue weighted by Crippen LogP contribution is 2.43. The van der Waals surface area contributed by atoms with Gasteiger partial charge in [-0.15, -0.1) is 11.3 Å². The Balaban J connectivity index is 1.43. The fourth-order valence-corrected chi connectivity index (χ4v) is 6.69. The predicted molar refractivity (Wildman–Crippen MR) is 195 cm³/mol. The molecule has 0 amide bonds. The van der Waals surface area contributed by atoms with Crippen molar-refractivity contribution in [3.05, 3.63) is 182 Å². The van der Waals surface area contributed by atoms with Crippen molar-refractivity contribution in [2.75, 3.05) is 4.90 Å². The van der Waals surface area contributed by atoms with Crippen LogP contribution in [0.3, 0.4) is 0 Å². The first-order chi connectivity index (χ1) is 21.7. The molecule has 5 aromatic carbocycles. The van der Waals surface area contributed by atoms with E-state index in [4.69, 9.17) is 0 Å². The van der Waals surface area contributed by atoms with Crippen molar-refractivity contribution in [3.63, 3.8) is 0 Å². The van der Waals surface area contributed by atoms with Crippen LogP contribution in [0.15, 0.2) is 182 Å². The highest BCUT2D eigenvalue weighted by molar-refractivity contribution is 7.26. The second-order valence-corrected chi connectivity index (χ2v) is 11.6. The fourth-order valence-electron chi connectivity index (χ4n) is 5.49. The van der Waals surface area contributed by atoms with E-state index in [0.29, 0.717) is 0 Å². The summed E-state index contributed by atoms with van der Waals surface area (Å²) in [5, 5.41) is 2.57. The number of anilines is 2. The summed E-state index contributed by atoms with van der Waals surface area (Å²) in [5.41, 5.74) is 9.11. The lowest BCUT2D eigenvalue weighted by molar-refractivity contribution is 1.21. The van der Waals surface area contributed by atoms with Crippen LogP contribution in [0.25, 0.3) is 42.4 Å². The van der Waals surface area contributed by atoms with Crippen LogP contribution < -0.4 is 4.90 Å². The summed E-state index contributed by atoms with van der Waals surface area (Å²) in [4.78, 5) is 2.36. The van der Waals surface area contributed by atoms with Crippen LogP contribution in [0.5, 0.6) is 0 Å². The minimum absolute atomic E-state index is 0.941. The molecule has 1 aromatic heterocycles. The third kappa shape index (κ3) is 6.13. The summed E-state index contributed by atoms with van der Waals surface area (Å²) >= 11 is 1.85. The van der Waals surface area contributed by atoms with Crippen LogP contribution in [0.2, 0.25) is 0 Å². The van der Waals surface area contributed by atoms with Gasteiger partial charge in [-0.05, 0) is 78.1 Å². The number of hydrogen-bond acceptors (Lipinski definition) is 2. The number of nitrogens with zero attached hydrogens (tertiary/aromatic N) is 1. The SMILES string of the molecule is C=C(/C=C\C=C/C)/C=C\C(=C/C)N(c1ccc(-c2cccc(-c3ccccc3)c2)cc1)c1cccc2c1sc1ccccc12. The Morgan fingerprint density at radius 3 is 2.02 bits per heavy atom. The lowest BCUT2D eigenvalue weighted by Gasteiger charge is -2.27. The molecule has 0 atom stereocenters. The first-order valence-electron chi connectivity index (χ1n) is 15.0. The van der Waals surface area contributed by atoms with Gasteiger partial charge in [0.1, 0.15) is 0 Å². The van der Waals surface area contributed by atoms with Gasteiger partial charge in [0, 0.05) is 26.9 Å². The van der Waals surface area contributed by atoms with Crippen molar-refractivity contribution < 1.29 is 0 Å². The third-order valence-electron chi connectivity index (χ3n) is 7.69. The summed E-state index contributed by atoms with van der Waals surface area (Å²) in [6.07, 6.45) is 14.5. The summed E-state index contributed by atoms with van der Waals surface area (Å²) < 4.78 is 2.57. The monoisotopic (exact) mass is 585 g/mol. The zero-order chi connectivity index (χ0) is 30.3. The van der Waals surface area contributed by atoms with E-state index in [9.17, 15) is 0 Å². The normalized spacial score (nSPS) is 12.3. The molecule has 0 aliphatic carbocycles. The number of benzene rings is 5. The molecule has 0 aliphatic rings. The molecule has 2 heteroatoms. The Hall–Kier alpha value is -5.18. The van der Waals surface area contributed by atoms with Crippen molar-refractivity contribution in [3.8, 4) is 22.3 Å². The Kier molecular flexibility index (Phi) is 8.82. The Labute approximate surface area is 264 Å². The standard InChI is InChI=1S/C42H35NS/c1-4-6-8-15-31(3)24-27-36(5-2)43(40-22-14-21-39-38-20-11-12-23-41(38)44-42(39)40)37-28-25-33(26-29-37)35-19-13-18-34(30-35)32-16-9-7-10-17-32/h4-30H,3H2,1-2H3/b6-4-,15-8-,27-24-,36-5+. The largest absolute Gasteiger partial charge is 0.309 e. The van der Waals surface area contributed by atoms with Gasteiger partial charge >= 0.3 is 0 Å². The van der Waals surface area contributed by atoms with E-state index in [-0.39, 0.29) is 0 Å². The van der Waals surface area contributed by atoms with Crippen LogP contribution >= 0.6 is 11.3 Å². The van der Waals surface area contributed by atoms with Crippen LogP contribution in [0.1, 0.15) is 13.8 Å². The molecular formula is C42H35NS. The summed E-state index contributed by atoms with van der Waals surface area (Å²) in [6.45, 7) is 8.35. The lowest BCUT2D eigenvalue weighted by atomic mass is 9.99. The predicted octanol–water partition coefficient (Wildman–Crippen LogP) is 12.7. The molecule has 1 heterocycles. The molecular weight excluding hydrogens is 551 g/mol. The van der Waals surface area contributed by atoms with Crippen molar-refractivity contribution in [2.45, 2.75) is 13.8 Å². The third-order valence-corrected chi connectivity index (χ3v) is 8.90. The fraction of sp³-hybridized carbons (Fsp3) is 0.0476. The number of fused-ring (bicyclic) bond motifs is 3. The molecule has 6 rings (SSSR count). The minimum Gasteiger partial charge on any atom is -0.309 e.